The molecule has 2 aromatic carbocycles. The molecule has 0 aliphatic carbocycles. The Hall–Kier alpha value is -2.49. The van der Waals surface area contributed by atoms with Crippen molar-refractivity contribution in [1.29, 1.82) is 0 Å². The number of carbonyl (C=O) groups excluding carboxylic acids is 1. The van der Waals surface area contributed by atoms with Crippen LogP contribution in [0.15, 0.2) is 42.5 Å². The second-order valence-electron chi connectivity index (χ2n) is 4.85. The molecule has 0 bridgehead atoms. The molecule has 0 saturated carbocycles. The summed E-state index contributed by atoms with van der Waals surface area (Å²) in [7, 11) is 3.16. The Kier molecular flexibility index (Phi) is 3.52. The van der Waals surface area contributed by atoms with Crippen molar-refractivity contribution in [2.45, 2.75) is 12.5 Å². The molecule has 4 nitrogen and oxygen atoms in total. The van der Waals surface area contributed by atoms with Crippen molar-refractivity contribution in [3.63, 3.8) is 0 Å². The van der Waals surface area contributed by atoms with E-state index in [1.165, 1.54) is 0 Å². The van der Waals surface area contributed by atoms with E-state index in [0.717, 1.165) is 16.7 Å². The number of fused-ring (bicyclic) bond motifs is 1. The zero-order chi connectivity index (χ0) is 14.8. The molecule has 1 aliphatic rings. The molecule has 3 rings (SSSR count). The van der Waals surface area contributed by atoms with Gasteiger partial charge in [-0.05, 0) is 28.8 Å². The van der Waals surface area contributed by atoms with Crippen LogP contribution in [-0.4, -0.2) is 20.2 Å². The first kappa shape index (κ1) is 13.5. The van der Waals surface area contributed by atoms with E-state index in [9.17, 15) is 4.79 Å². The van der Waals surface area contributed by atoms with Gasteiger partial charge in [-0.25, -0.2) is 0 Å². The summed E-state index contributed by atoms with van der Waals surface area (Å²) in [5, 5.41) is 0. The van der Waals surface area contributed by atoms with Gasteiger partial charge in [-0.2, -0.15) is 0 Å². The molecule has 21 heavy (non-hydrogen) atoms. The number of hydrogen-bond acceptors (Lipinski definition) is 4. The Labute approximate surface area is 123 Å². The number of rotatable bonds is 3. The van der Waals surface area contributed by atoms with Crippen LogP contribution in [0.25, 0.3) is 0 Å². The summed E-state index contributed by atoms with van der Waals surface area (Å²) in [6.45, 7) is 0.332. The van der Waals surface area contributed by atoms with Crippen LogP contribution in [0.2, 0.25) is 0 Å². The van der Waals surface area contributed by atoms with Crippen LogP contribution in [0.1, 0.15) is 22.6 Å². The van der Waals surface area contributed by atoms with Gasteiger partial charge >= 0.3 is 5.97 Å². The first-order valence-corrected chi connectivity index (χ1v) is 6.71. The summed E-state index contributed by atoms with van der Waals surface area (Å²) in [5.41, 5.74) is 2.86. The monoisotopic (exact) mass is 284 g/mol. The summed E-state index contributed by atoms with van der Waals surface area (Å²) in [6.07, 6.45) is 0. The Morgan fingerprint density at radius 2 is 1.81 bits per heavy atom. The Morgan fingerprint density at radius 1 is 1.05 bits per heavy atom. The van der Waals surface area contributed by atoms with Crippen molar-refractivity contribution in [3.05, 3.63) is 59.2 Å². The van der Waals surface area contributed by atoms with Crippen molar-refractivity contribution in [2.75, 3.05) is 14.2 Å². The van der Waals surface area contributed by atoms with Crippen LogP contribution in [0.5, 0.6) is 11.5 Å². The SMILES string of the molecule is COc1ccc(C2C(=O)OCc3ccccc32)cc1OC. The molecule has 4 heteroatoms. The minimum Gasteiger partial charge on any atom is -0.493 e. The van der Waals surface area contributed by atoms with Gasteiger partial charge in [-0.3, -0.25) is 4.79 Å². The summed E-state index contributed by atoms with van der Waals surface area (Å²) in [4.78, 5) is 12.2. The van der Waals surface area contributed by atoms with E-state index >= 15 is 0 Å². The van der Waals surface area contributed by atoms with E-state index in [2.05, 4.69) is 0 Å². The maximum atomic E-state index is 12.2. The predicted octanol–water partition coefficient (Wildman–Crippen LogP) is 2.89. The van der Waals surface area contributed by atoms with Gasteiger partial charge in [0.05, 0.1) is 14.2 Å². The van der Waals surface area contributed by atoms with Gasteiger partial charge in [0.1, 0.15) is 12.5 Å². The van der Waals surface area contributed by atoms with Crippen molar-refractivity contribution in [3.8, 4) is 11.5 Å². The standard InChI is InChI=1S/C17H16O4/c1-19-14-8-7-11(9-15(14)20-2)16-13-6-4-3-5-12(13)10-21-17(16)18/h3-9,16H,10H2,1-2H3. The highest BCUT2D eigenvalue weighted by Gasteiger charge is 2.31. The fourth-order valence-corrected chi connectivity index (χ4v) is 2.65. The minimum atomic E-state index is -0.422. The van der Waals surface area contributed by atoms with Crippen molar-refractivity contribution < 1.29 is 19.0 Å². The fraction of sp³-hybridized carbons (Fsp3) is 0.235. The highest BCUT2D eigenvalue weighted by Crippen LogP contribution is 2.37. The highest BCUT2D eigenvalue weighted by atomic mass is 16.5. The number of carbonyl (C=O) groups is 1. The molecule has 0 spiro atoms. The number of benzene rings is 2. The third kappa shape index (κ3) is 2.33. The molecule has 0 fully saturated rings. The summed E-state index contributed by atoms with van der Waals surface area (Å²) in [6, 6.07) is 13.3. The third-order valence-electron chi connectivity index (χ3n) is 3.71. The normalized spacial score (nSPS) is 16.9. The van der Waals surface area contributed by atoms with Crippen LogP contribution in [0.3, 0.4) is 0 Å². The molecule has 0 amide bonds. The number of esters is 1. The average Bonchev–Trinajstić information content (AvgIpc) is 2.54. The topological polar surface area (TPSA) is 44.8 Å². The molecular weight excluding hydrogens is 268 g/mol. The van der Waals surface area contributed by atoms with Crippen molar-refractivity contribution in [2.24, 2.45) is 0 Å². The molecule has 0 saturated heterocycles. The predicted molar refractivity (Wildman–Crippen MR) is 77.6 cm³/mol. The Balaban J connectivity index is 2.09. The van der Waals surface area contributed by atoms with Gasteiger partial charge < -0.3 is 14.2 Å². The Morgan fingerprint density at radius 3 is 2.57 bits per heavy atom. The zero-order valence-corrected chi connectivity index (χ0v) is 12.0. The van der Waals surface area contributed by atoms with E-state index in [-0.39, 0.29) is 5.97 Å². The molecular formula is C17H16O4. The molecule has 1 atom stereocenters. The summed E-state index contributed by atoms with van der Waals surface area (Å²) in [5.74, 6) is 0.584. The lowest BCUT2D eigenvalue weighted by Crippen LogP contribution is -2.23. The number of ether oxygens (including phenoxy) is 3. The number of hydrogen-bond donors (Lipinski definition) is 0. The smallest absolute Gasteiger partial charge is 0.318 e. The molecule has 2 aromatic rings. The van der Waals surface area contributed by atoms with E-state index in [4.69, 9.17) is 14.2 Å². The van der Waals surface area contributed by atoms with Gasteiger partial charge in [0.15, 0.2) is 11.5 Å². The molecule has 0 aromatic heterocycles. The van der Waals surface area contributed by atoms with E-state index in [0.29, 0.717) is 18.1 Å². The van der Waals surface area contributed by atoms with E-state index in [1.54, 1.807) is 20.3 Å². The summed E-state index contributed by atoms with van der Waals surface area (Å²) < 4.78 is 15.8. The third-order valence-corrected chi connectivity index (χ3v) is 3.71. The maximum Gasteiger partial charge on any atom is 0.318 e. The lowest BCUT2D eigenvalue weighted by atomic mass is 9.86. The van der Waals surface area contributed by atoms with Crippen LogP contribution in [0.4, 0.5) is 0 Å². The van der Waals surface area contributed by atoms with Gasteiger partial charge in [-0.1, -0.05) is 30.3 Å². The van der Waals surface area contributed by atoms with Crippen molar-refractivity contribution >= 4 is 5.97 Å². The molecule has 0 radical (unpaired) electrons. The molecule has 1 heterocycles. The fourth-order valence-electron chi connectivity index (χ4n) is 2.65. The van der Waals surface area contributed by atoms with Crippen LogP contribution < -0.4 is 9.47 Å². The van der Waals surface area contributed by atoms with Crippen LogP contribution >= 0.6 is 0 Å². The van der Waals surface area contributed by atoms with Crippen LogP contribution in [0, 0.1) is 0 Å². The zero-order valence-electron chi connectivity index (χ0n) is 12.0. The van der Waals surface area contributed by atoms with E-state index in [1.807, 2.05) is 36.4 Å². The minimum absolute atomic E-state index is 0.235. The highest BCUT2D eigenvalue weighted by molar-refractivity contribution is 5.84. The largest absolute Gasteiger partial charge is 0.493 e. The molecule has 108 valence electrons. The number of cyclic esters (lactones) is 1. The lowest BCUT2D eigenvalue weighted by molar-refractivity contribution is -0.147. The van der Waals surface area contributed by atoms with Crippen LogP contribution in [-0.2, 0) is 16.1 Å². The van der Waals surface area contributed by atoms with Crippen molar-refractivity contribution in [1.82, 2.24) is 0 Å². The second-order valence-corrected chi connectivity index (χ2v) is 4.85. The van der Waals surface area contributed by atoms with Gasteiger partial charge in [0.25, 0.3) is 0 Å². The molecule has 1 aliphatic heterocycles. The van der Waals surface area contributed by atoms with Gasteiger partial charge in [-0.15, -0.1) is 0 Å². The first-order chi connectivity index (χ1) is 10.2. The maximum absolute atomic E-state index is 12.2. The number of methoxy groups -OCH3 is 2. The van der Waals surface area contributed by atoms with Gasteiger partial charge in [0, 0.05) is 0 Å². The average molecular weight is 284 g/mol. The Bertz CT molecular complexity index is 678. The molecule has 1 unspecified atom stereocenters. The second kappa shape index (κ2) is 5.48. The lowest BCUT2D eigenvalue weighted by Gasteiger charge is -2.25. The quantitative estimate of drug-likeness (QED) is 0.813. The summed E-state index contributed by atoms with van der Waals surface area (Å²) >= 11 is 0. The van der Waals surface area contributed by atoms with E-state index < -0.39 is 5.92 Å². The first-order valence-electron chi connectivity index (χ1n) is 6.71. The van der Waals surface area contributed by atoms with Gasteiger partial charge in [0.2, 0.25) is 0 Å². The molecule has 0 N–H and O–H groups in total.